The van der Waals surface area contributed by atoms with Gasteiger partial charge >= 0.3 is 5.97 Å². The third-order valence-corrected chi connectivity index (χ3v) is 5.06. The Balaban J connectivity index is 1.43. The number of hydrogen-bond donors (Lipinski definition) is 2. The Labute approximate surface area is 139 Å². The number of nitrogens with one attached hydrogen (secondary N) is 1. The lowest BCUT2D eigenvalue weighted by Crippen LogP contribution is -2.66. The van der Waals surface area contributed by atoms with E-state index >= 15 is 0 Å². The fraction of sp³-hybridized carbons (Fsp3) is 0.556. The molecule has 0 saturated heterocycles. The summed E-state index contributed by atoms with van der Waals surface area (Å²) >= 11 is 0. The second kappa shape index (κ2) is 6.15. The molecule has 130 valence electrons. The summed E-state index contributed by atoms with van der Waals surface area (Å²) in [6.07, 6.45) is 2.05. The number of hydrogen-bond acceptors (Lipinski definition) is 2. The van der Waals surface area contributed by atoms with Crippen LogP contribution >= 0.6 is 0 Å². The number of halogens is 2. The van der Waals surface area contributed by atoms with Crippen molar-refractivity contribution in [1.82, 2.24) is 5.32 Å². The van der Waals surface area contributed by atoms with Gasteiger partial charge in [-0.2, -0.15) is 0 Å². The molecule has 4 nitrogen and oxygen atoms in total. The minimum Gasteiger partial charge on any atom is -0.479 e. The molecule has 2 aliphatic carbocycles. The van der Waals surface area contributed by atoms with Crippen LogP contribution in [0.5, 0.6) is 0 Å². The molecular weight excluding hydrogens is 316 g/mol. The first-order valence-electron chi connectivity index (χ1n) is 8.29. The zero-order chi connectivity index (χ0) is 17.4. The van der Waals surface area contributed by atoms with Crippen LogP contribution in [0.3, 0.4) is 0 Å². The number of carbonyl (C=O) groups excluding carboxylic acids is 1. The number of aliphatic carboxylic acids is 1. The van der Waals surface area contributed by atoms with Gasteiger partial charge in [-0.15, -0.1) is 0 Å². The molecule has 0 spiro atoms. The molecule has 0 unspecified atom stereocenters. The summed E-state index contributed by atoms with van der Waals surface area (Å²) in [6, 6.07) is 8.29. The van der Waals surface area contributed by atoms with Crippen molar-refractivity contribution in [3.05, 3.63) is 35.4 Å². The lowest BCUT2D eigenvalue weighted by molar-refractivity contribution is -0.179. The minimum atomic E-state index is -3.00. The molecule has 0 heterocycles. The largest absolute Gasteiger partial charge is 0.479 e. The van der Waals surface area contributed by atoms with Crippen molar-refractivity contribution in [3.63, 3.8) is 0 Å². The van der Waals surface area contributed by atoms with E-state index in [1.54, 1.807) is 0 Å². The van der Waals surface area contributed by atoms with Crippen molar-refractivity contribution < 1.29 is 23.5 Å². The van der Waals surface area contributed by atoms with Gasteiger partial charge in [-0.1, -0.05) is 24.3 Å². The Morgan fingerprint density at radius 3 is 2.25 bits per heavy atom. The maximum absolute atomic E-state index is 13.0. The summed E-state index contributed by atoms with van der Waals surface area (Å²) in [5.41, 5.74) is 0.923. The van der Waals surface area contributed by atoms with E-state index in [1.165, 1.54) is 11.1 Å². The zero-order valence-corrected chi connectivity index (χ0v) is 13.4. The molecule has 24 heavy (non-hydrogen) atoms. The second-order valence-corrected chi connectivity index (χ2v) is 7.08. The highest BCUT2D eigenvalue weighted by Gasteiger charge is 2.62. The van der Waals surface area contributed by atoms with E-state index in [2.05, 4.69) is 17.4 Å². The molecule has 1 aromatic carbocycles. The first-order valence-corrected chi connectivity index (χ1v) is 8.29. The zero-order valence-electron chi connectivity index (χ0n) is 13.4. The van der Waals surface area contributed by atoms with E-state index in [-0.39, 0.29) is 6.42 Å². The number of rotatable bonds is 6. The number of carboxylic acids is 1. The SMILES string of the molecule is O=C(CCCC1Cc2ccccc2C1)NC1(C(=O)O)CC(F)(F)C1. The summed E-state index contributed by atoms with van der Waals surface area (Å²) in [5.74, 6) is -4.34. The Kier molecular flexibility index (Phi) is 4.32. The van der Waals surface area contributed by atoms with Crippen LogP contribution in [-0.4, -0.2) is 28.4 Å². The number of alkyl halides is 2. The van der Waals surface area contributed by atoms with E-state index in [0.717, 1.165) is 19.3 Å². The summed E-state index contributed by atoms with van der Waals surface area (Å²) < 4.78 is 26.0. The normalized spacial score (nSPS) is 20.9. The smallest absolute Gasteiger partial charge is 0.329 e. The number of benzene rings is 1. The van der Waals surface area contributed by atoms with Crippen LogP contribution in [0, 0.1) is 5.92 Å². The highest BCUT2D eigenvalue weighted by Crippen LogP contribution is 2.45. The minimum absolute atomic E-state index is 0.174. The van der Waals surface area contributed by atoms with Gasteiger partial charge in [0.2, 0.25) is 5.91 Å². The van der Waals surface area contributed by atoms with E-state index in [1.807, 2.05) is 12.1 Å². The van der Waals surface area contributed by atoms with Crippen molar-refractivity contribution in [2.24, 2.45) is 5.92 Å². The number of fused-ring (bicyclic) bond motifs is 1. The molecule has 0 aromatic heterocycles. The van der Waals surface area contributed by atoms with Crippen molar-refractivity contribution in [1.29, 1.82) is 0 Å². The van der Waals surface area contributed by atoms with Crippen LogP contribution in [0.4, 0.5) is 8.78 Å². The molecular formula is C18H21F2NO3. The fourth-order valence-corrected chi connectivity index (χ4v) is 3.86. The molecule has 0 bridgehead atoms. The molecule has 1 fully saturated rings. The van der Waals surface area contributed by atoms with Gasteiger partial charge in [-0.05, 0) is 42.7 Å². The Morgan fingerprint density at radius 1 is 1.17 bits per heavy atom. The summed E-state index contributed by atoms with van der Waals surface area (Å²) in [5, 5.41) is 11.4. The quantitative estimate of drug-likeness (QED) is 0.839. The molecule has 2 aliphatic rings. The standard InChI is InChI=1S/C18H21F2NO3/c19-18(20)10-17(11-18,16(23)24)21-15(22)7-3-4-12-8-13-5-1-2-6-14(13)9-12/h1-2,5-6,12H,3-4,7-11H2,(H,21,22)(H,23,24). The third kappa shape index (κ3) is 3.42. The van der Waals surface area contributed by atoms with Gasteiger partial charge in [0, 0.05) is 19.3 Å². The monoisotopic (exact) mass is 337 g/mol. The van der Waals surface area contributed by atoms with Crippen molar-refractivity contribution in [3.8, 4) is 0 Å². The summed E-state index contributed by atoms with van der Waals surface area (Å²) in [4.78, 5) is 23.1. The van der Waals surface area contributed by atoms with Gasteiger partial charge < -0.3 is 10.4 Å². The maximum atomic E-state index is 13.0. The molecule has 1 amide bonds. The first-order chi connectivity index (χ1) is 11.3. The molecule has 0 atom stereocenters. The lowest BCUT2D eigenvalue weighted by Gasteiger charge is -2.44. The van der Waals surface area contributed by atoms with Gasteiger partial charge in [0.25, 0.3) is 5.92 Å². The van der Waals surface area contributed by atoms with E-state index < -0.39 is 36.2 Å². The van der Waals surface area contributed by atoms with Gasteiger partial charge in [-0.25, -0.2) is 13.6 Å². The Bertz CT molecular complexity index is 626. The average molecular weight is 337 g/mol. The molecule has 6 heteroatoms. The third-order valence-electron chi connectivity index (χ3n) is 5.06. The summed E-state index contributed by atoms with van der Waals surface area (Å²) in [6.45, 7) is 0. The van der Waals surface area contributed by atoms with Crippen molar-refractivity contribution in [2.75, 3.05) is 0 Å². The predicted molar refractivity (Wildman–Crippen MR) is 83.9 cm³/mol. The van der Waals surface area contributed by atoms with Gasteiger partial charge in [0.1, 0.15) is 5.54 Å². The maximum Gasteiger partial charge on any atom is 0.329 e. The van der Waals surface area contributed by atoms with Crippen LogP contribution < -0.4 is 5.32 Å². The van der Waals surface area contributed by atoms with Crippen LogP contribution in [0.15, 0.2) is 24.3 Å². The fourth-order valence-electron chi connectivity index (χ4n) is 3.86. The lowest BCUT2D eigenvalue weighted by atomic mass is 9.73. The molecule has 0 aliphatic heterocycles. The molecule has 2 N–H and O–H groups in total. The number of carboxylic acid groups (broad SMARTS) is 1. The molecule has 0 radical (unpaired) electrons. The highest BCUT2D eigenvalue weighted by atomic mass is 19.3. The van der Waals surface area contributed by atoms with E-state index in [4.69, 9.17) is 5.11 Å². The van der Waals surface area contributed by atoms with Gasteiger partial charge in [0.05, 0.1) is 0 Å². The number of carbonyl (C=O) groups is 2. The molecule has 3 rings (SSSR count). The highest BCUT2D eigenvalue weighted by molar-refractivity contribution is 5.88. The Hall–Kier alpha value is -1.98. The van der Waals surface area contributed by atoms with Crippen LogP contribution in [0.1, 0.15) is 43.2 Å². The van der Waals surface area contributed by atoms with E-state index in [9.17, 15) is 18.4 Å². The second-order valence-electron chi connectivity index (χ2n) is 7.08. The van der Waals surface area contributed by atoms with Gasteiger partial charge in [0.15, 0.2) is 0 Å². The topological polar surface area (TPSA) is 66.4 Å². The van der Waals surface area contributed by atoms with Crippen LogP contribution in [-0.2, 0) is 22.4 Å². The van der Waals surface area contributed by atoms with Crippen LogP contribution in [0.25, 0.3) is 0 Å². The Morgan fingerprint density at radius 2 is 1.75 bits per heavy atom. The average Bonchev–Trinajstić information content (AvgIpc) is 2.87. The first kappa shape index (κ1) is 16.9. The summed E-state index contributed by atoms with van der Waals surface area (Å²) in [7, 11) is 0. The van der Waals surface area contributed by atoms with Crippen molar-refractivity contribution >= 4 is 11.9 Å². The molecule has 1 aromatic rings. The van der Waals surface area contributed by atoms with Crippen molar-refractivity contribution in [2.45, 2.75) is 56.4 Å². The van der Waals surface area contributed by atoms with Crippen LogP contribution in [0.2, 0.25) is 0 Å². The predicted octanol–water partition coefficient (Wildman–Crippen LogP) is 2.94. The van der Waals surface area contributed by atoms with E-state index in [0.29, 0.717) is 12.3 Å². The van der Waals surface area contributed by atoms with Gasteiger partial charge in [-0.3, -0.25) is 4.79 Å². The molecule has 1 saturated carbocycles. The number of amides is 1.